The number of ether oxygens (including phenoxy) is 2. The van der Waals surface area contributed by atoms with Gasteiger partial charge in [0.25, 0.3) is 5.56 Å². The molecule has 0 amide bonds. The number of para-hydroxylation sites is 1. The highest BCUT2D eigenvalue weighted by atomic mass is 35.5. The lowest BCUT2D eigenvalue weighted by Crippen LogP contribution is -2.20. The smallest absolute Gasteiger partial charge is 0.266 e. The third-order valence-electron chi connectivity index (χ3n) is 3.85. The number of aromatic nitrogens is 1. The van der Waals surface area contributed by atoms with Crippen molar-refractivity contribution in [3.05, 3.63) is 78.2 Å². The number of aromatic amines is 1. The number of Topliss-reactive ketones (excluding diaryl/α,β-unsaturated/α-hetero) is 1. The fourth-order valence-corrected chi connectivity index (χ4v) is 3.71. The molecule has 5 nitrogen and oxygen atoms in total. The molecule has 1 N–H and O–H groups in total. The molecule has 3 aromatic rings. The second-order valence-corrected chi connectivity index (χ2v) is 7.28. The van der Waals surface area contributed by atoms with Crippen LogP contribution < -0.4 is 24.2 Å². The monoisotopic (exact) mass is 415 g/mol. The van der Waals surface area contributed by atoms with E-state index in [1.54, 1.807) is 43.5 Å². The summed E-state index contributed by atoms with van der Waals surface area (Å²) in [4.78, 5) is 27.4. The van der Waals surface area contributed by atoms with E-state index in [4.69, 9.17) is 21.1 Å². The number of carbonyl (C=O) groups is 1. The lowest BCUT2D eigenvalue weighted by molar-refractivity contribution is 0.106. The number of H-pyrrole nitrogens is 1. The Balaban J connectivity index is 2.02. The van der Waals surface area contributed by atoms with Crippen LogP contribution in [0.4, 0.5) is 0 Å². The van der Waals surface area contributed by atoms with E-state index in [2.05, 4.69) is 4.98 Å². The Hall–Kier alpha value is -2.83. The van der Waals surface area contributed by atoms with Crippen molar-refractivity contribution in [3.63, 3.8) is 0 Å². The molecule has 7 heteroatoms. The number of methoxy groups -OCH3 is 1. The topological polar surface area (TPSA) is 68.4 Å². The molecule has 0 spiro atoms. The molecule has 0 aliphatic carbocycles. The molecule has 1 aromatic heterocycles. The Labute approximate surface area is 170 Å². The SMILES string of the molecule is CCOc1cccc(/C=c2\s/c(=C\C(=O)c3cccc(Cl)c3)[nH]c2=O)c1OC. The zero-order valence-electron chi connectivity index (χ0n) is 15.3. The number of hydrogen-bond donors (Lipinski definition) is 1. The van der Waals surface area contributed by atoms with Gasteiger partial charge in [-0.25, -0.2) is 0 Å². The van der Waals surface area contributed by atoms with Crippen LogP contribution in [0.15, 0.2) is 47.3 Å². The first-order valence-corrected chi connectivity index (χ1v) is 9.73. The van der Waals surface area contributed by atoms with Crippen LogP contribution in [0.3, 0.4) is 0 Å². The van der Waals surface area contributed by atoms with Crippen LogP contribution in [-0.2, 0) is 0 Å². The predicted molar refractivity (Wildman–Crippen MR) is 112 cm³/mol. The summed E-state index contributed by atoms with van der Waals surface area (Å²) in [5.74, 6) is 0.926. The summed E-state index contributed by atoms with van der Waals surface area (Å²) in [5.41, 5.74) is 0.894. The largest absolute Gasteiger partial charge is 0.492 e. The summed E-state index contributed by atoms with van der Waals surface area (Å²) in [6, 6.07) is 12.1. The first-order chi connectivity index (χ1) is 13.5. The molecule has 0 bridgehead atoms. The molecule has 1 heterocycles. The Morgan fingerprint density at radius 3 is 2.75 bits per heavy atom. The van der Waals surface area contributed by atoms with E-state index in [1.165, 1.54) is 17.4 Å². The Kier molecular flexibility index (Phi) is 6.34. The van der Waals surface area contributed by atoms with E-state index >= 15 is 0 Å². The van der Waals surface area contributed by atoms with Crippen molar-refractivity contribution in [2.45, 2.75) is 6.92 Å². The van der Waals surface area contributed by atoms with Gasteiger partial charge in [0.1, 0.15) is 0 Å². The number of halogens is 1. The van der Waals surface area contributed by atoms with E-state index in [0.29, 0.717) is 43.5 Å². The van der Waals surface area contributed by atoms with Gasteiger partial charge in [-0.05, 0) is 31.2 Å². The maximum absolute atomic E-state index is 12.4. The van der Waals surface area contributed by atoms with Gasteiger partial charge in [-0.3, -0.25) is 9.59 Å². The summed E-state index contributed by atoms with van der Waals surface area (Å²) >= 11 is 7.12. The minimum Gasteiger partial charge on any atom is -0.492 e. The lowest BCUT2D eigenvalue weighted by Gasteiger charge is -2.11. The minimum absolute atomic E-state index is 0.234. The summed E-state index contributed by atoms with van der Waals surface area (Å²) < 4.78 is 11.9. The van der Waals surface area contributed by atoms with E-state index < -0.39 is 0 Å². The van der Waals surface area contributed by atoms with Gasteiger partial charge >= 0.3 is 0 Å². The first-order valence-electron chi connectivity index (χ1n) is 8.54. The van der Waals surface area contributed by atoms with Gasteiger partial charge in [0.05, 0.1) is 22.9 Å². The predicted octanol–water partition coefficient (Wildman–Crippen LogP) is 2.99. The Morgan fingerprint density at radius 1 is 1.25 bits per heavy atom. The van der Waals surface area contributed by atoms with Crippen LogP contribution in [0.5, 0.6) is 11.5 Å². The standard InChI is InChI=1S/C21H18ClNO4S/c1-3-27-17-9-5-7-14(20(17)26-2)11-18-21(25)23-19(28-18)12-16(24)13-6-4-8-15(22)10-13/h4-12H,3H2,1-2H3,(H,23,25)/b18-11-,19-12-. The van der Waals surface area contributed by atoms with Gasteiger partial charge in [0.2, 0.25) is 0 Å². The summed E-state index contributed by atoms with van der Waals surface area (Å²) in [6.07, 6.45) is 3.11. The molecule has 0 saturated heterocycles. The molecule has 0 radical (unpaired) electrons. The lowest BCUT2D eigenvalue weighted by atomic mass is 10.1. The quantitative estimate of drug-likeness (QED) is 0.628. The Morgan fingerprint density at radius 2 is 2.04 bits per heavy atom. The van der Waals surface area contributed by atoms with Crippen molar-refractivity contribution in [2.24, 2.45) is 0 Å². The van der Waals surface area contributed by atoms with Crippen molar-refractivity contribution in [1.29, 1.82) is 0 Å². The number of hydrogen-bond acceptors (Lipinski definition) is 5. The first kappa shape index (κ1) is 19.9. The van der Waals surface area contributed by atoms with Crippen molar-refractivity contribution in [2.75, 3.05) is 13.7 Å². The van der Waals surface area contributed by atoms with Crippen molar-refractivity contribution in [3.8, 4) is 11.5 Å². The fraction of sp³-hybridized carbons (Fsp3) is 0.143. The van der Waals surface area contributed by atoms with Crippen LogP contribution in [0.1, 0.15) is 22.8 Å². The van der Waals surface area contributed by atoms with Crippen LogP contribution in [0.25, 0.3) is 12.2 Å². The molecule has 0 unspecified atom stereocenters. The van der Waals surface area contributed by atoms with Crippen molar-refractivity contribution >= 4 is 40.9 Å². The van der Waals surface area contributed by atoms with Gasteiger partial charge in [0.15, 0.2) is 17.3 Å². The second-order valence-electron chi connectivity index (χ2n) is 5.76. The normalized spacial score (nSPS) is 12.2. The fourth-order valence-electron chi connectivity index (χ4n) is 2.64. The molecule has 144 valence electrons. The molecule has 0 atom stereocenters. The number of nitrogens with one attached hydrogen (secondary N) is 1. The van der Waals surface area contributed by atoms with Crippen LogP contribution in [0, 0.1) is 0 Å². The van der Waals surface area contributed by atoms with Gasteiger partial charge in [0, 0.05) is 22.2 Å². The molecular formula is C21H18ClNO4S. The van der Waals surface area contributed by atoms with Gasteiger partial charge in [-0.1, -0.05) is 35.9 Å². The third kappa shape index (κ3) is 4.52. The average Bonchev–Trinajstić information content (AvgIpc) is 3.01. The van der Waals surface area contributed by atoms with Crippen LogP contribution in [0.2, 0.25) is 5.02 Å². The van der Waals surface area contributed by atoms with Crippen LogP contribution in [-0.4, -0.2) is 24.5 Å². The molecule has 0 aliphatic rings. The minimum atomic E-state index is -0.279. The molecule has 2 aromatic carbocycles. The third-order valence-corrected chi connectivity index (χ3v) is 5.05. The maximum Gasteiger partial charge on any atom is 0.266 e. The summed E-state index contributed by atoms with van der Waals surface area (Å²) in [6.45, 7) is 2.39. The van der Waals surface area contributed by atoms with Crippen LogP contribution >= 0.6 is 22.9 Å². The number of thiazole rings is 1. The molecule has 0 fully saturated rings. The number of benzene rings is 2. The van der Waals surface area contributed by atoms with E-state index in [9.17, 15) is 9.59 Å². The molecule has 28 heavy (non-hydrogen) atoms. The second kappa shape index (κ2) is 8.91. The van der Waals surface area contributed by atoms with Gasteiger partial charge < -0.3 is 14.5 Å². The van der Waals surface area contributed by atoms with E-state index in [1.807, 2.05) is 19.1 Å². The van der Waals surface area contributed by atoms with Crippen molar-refractivity contribution in [1.82, 2.24) is 4.98 Å². The zero-order chi connectivity index (χ0) is 20.1. The number of ketones is 1. The van der Waals surface area contributed by atoms with Gasteiger partial charge in [-0.2, -0.15) is 0 Å². The summed E-state index contributed by atoms with van der Waals surface area (Å²) in [5, 5.41) is 0.481. The maximum atomic E-state index is 12.4. The highest BCUT2D eigenvalue weighted by molar-refractivity contribution is 7.07. The summed E-state index contributed by atoms with van der Waals surface area (Å²) in [7, 11) is 1.55. The molecule has 0 saturated carbocycles. The zero-order valence-corrected chi connectivity index (χ0v) is 16.9. The van der Waals surface area contributed by atoms with E-state index in [-0.39, 0.29) is 11.3 Å². The highest BCUT2D eigenvalue weighted by Gasteiger charge is 2.09. The van der Waals surface area contributed by atoms with Gasteiger partial charge in [-0.15, -0.1) is 11.3 Å². The molecule has 0 aliphatic heterocycles. The highest BCUT2D eigenvalue weighted by Crippen LogP contribution is 2.31. The van der Waals surface area contributed by atoms with E-state index in [0.717, 1.165) is 0 Å². The average molecular weight is 416 g/mol. The van der Waals surface area contributed by atoms with Crippen molar-refractivity contribution < 1.29 is 14.3 Å². The Bertz CT molecular complexity index is 1180. The molecular weight excluding hydrogens is 398 g/mol. The molecule has 3 rings (SSSR count). The number of carbonyl (C=O) groups excluding carboxylic acids is 1. The number of rotatable bonds is 6.